The highest BCUT2D eigenvalue weighted by Crippen LogP contribution is 2.32. The lowest BCUT2D eigenvalue weighted by molar-refractivity contribution is -0.124. The second-order valence-electron chi connectivity index (χ2n) is 4.63. The van der Waals surface area contributed by atoms with Crippen LogP contribution in [0.2, 0.25) is 0 Å². The third-order valence-electron chi connectivity index (χ3n) is 3.20. The molecule has 0 atom stereocenters. The minimum Gasteiger partial charge on any atom is -0.324 e. The first-order valence-electron chi connectivity index (χ1n) is 6.51. The van der Waals surface area contributed by atoms with Crippen LogP contribution < -0.4 is 10.2 Å². The van der Waals surface area contributed by atoms with Crippen LogP contribution in [0.25, 0.3) is 0 Å². The predicted molar refractivity (Wildman–Crippen MR) is 80.3 cm³/mol. The Labute approximate surface area is 118 Å². The molecule has 1 heterocycles. The Bertz CT molecular complexity index is 662. The summed E-state index contributed by atoms with van der Waals surface area (Å²) in [4.78, 5) is 25.7. The Morgan fingerprint density at radius 1 is 1.15 bits per heavy atom. The molecule has 0 spiro atoms. The van der Waals surface area contributed by atoms with Crippen molar-refractivity contribution in [3.05, 3.63) is 60.3 Å². The van der Waals surface area contributed by atoms with Gasteiger partial charge in [0, 0.05) is 7.12 Å². The Morgan fingerprint density at radius 3 is 2.90 bits per heavy atom. The molecule has 1 aromatic carbocycles. The van der Waals surface area contributed by atoms with E-state index in [1.54, 1.807) is 11.0 Å². The molecule has 3 rings (SSSR count). The third kappa shape index (κ3) is 2.28. The fourth-order valence-electron chi connectivity index (χ4n) is 2.32. The van der Waals surface area contributed by atoms with Crippen molar-refractivity contribution in [2.75, 3.05) is 10.2 Å². The van der Waals surface area contributed by atoms with Crippen LogP contribution in [0.3, 0.4) is 0 Å². The van der Waals surface area contributed by atoms with E-state index in [0.717, 1.165) is 12.1 Å². The Morgan fingerprint density at radius 2 is 2.00 bits per heavy atom. The molecule has 1 aliphatic heterocycles. The van der Waals surface area contributed by atoms with Crippen molar-refractivity contribution >= 4 is 23.2 Å². The highest BCUT2D eigenvalue weighted by Gasteiger charge is 2.27. The molecular formula is C16H16N2O2. The minimum atomic E-state index is -0.279. The van der Waals surface area contributed by atoms with Gasteiger partial charge in [0.05, 0.1) is 11.4 Å². The van der Waals surface area contributed by atoms with E-state index in [-0.39, 0.29) is 19.7 Å². The number of hydrogen-bond acceptors (Lipinski definition) is 2. The molecule has 2 aliphatic rings. The third-order valence-corrected chi connectivity index (χ3v) is 3.20. The predicted octanol–water partition coefficient (Wildman–Crippen LogP) is 3.01. The highest BCUT2D eigenvalue weighted by atomic mass is 16.2. The molecule has 1 aromatic rings. The quantitative estimate of drug-likeness (QED) is 0.796. The summed E-state index contributed by atoms with van der Waals surface area (Å²) < 4.78 is 0. The monoisotopic (exact) mass is 268 g/mol. The molecule has 4 nitrogen and oxygen atoms in total. The van der Waals surface area contributed by atoms with E-state index in [9.17, 15) is 9.59 Å². The smallest absolute Gasteiger partial charge is 0.241 e. The number of fused-ring (bicyclic) bond motifs is 1. The van der Waals surface area contributed by atoms with E-state index < -0.39 is 0 Å². The zero-order valence-electron chi connectivity index (χ0n) is 10.9. The van der Waals surface area contributed by atoms with Crippen LogP contribution in [0.5, 0.6) is 0 Å². The molecule has 2 amide bonds. The van der Waals surface area contributed by atoms with Crippen molar-refractivity contribution in [1.82, 2.24) is 0 Å². The molecular weight excluding hydrogens is 252 g/mol. The zero-order chi connectivity index (χ0) is 13.9. The topological polar surface area (TPSA) is 49.4 Å². The van der Waals surface area contributed by atoms with E-state index in [1.165, 1.54) is 0 Å². The number of anilines is 2. The molecule has 0 bridgehead atoms. The Balaban J connectivity index is 0.00000161. The lowest BCUT2D eigenvalue weighted by Crippen LogP contribution is -2.29. The number of allylic oxidation sites excluding steroid dienone is 5. The van der Waals surface area contributed by atoms with Crippen LogP contribution in [-0.4, -0.2) is 11.8 Å². The summed E-state index contributed by atoms with van der Waals surface area (Å²) in [5.74, 6) is -0.502. The molecule has 0 saturated heterocycles. The van der Waals surface area contributed by atoms with Crippen LogP contribution in [0.1, 0.15) is 14.3 Å². The Hall–Kier alpha value is -2.62. The van der Waals surface area contributed by atoms with Gasteiger partial charge < -0.3 is 5.32 Å². The normalized spacial score (nSPS) is 18.0. The number of benzene rings is 1. The fraction of sp³-hybridized carbons (Fsp3) is 0.125. The van der Waals surface area contributed by atoms with Gasteiger partial charge in [-0.15, -0.1) is 0 Å². The molecule has 0 unspecified atom stereocenters. The van der Waals surface area contributed by atoms with Gasteiger partial charge in [-0.1, -0.05) is 30.4 Å². The molecule has 20 heavy (non-hydrogen) atoms. The lowest BCUT2D eigenvalue weighted by atomic mass is 10.2. The summed E-state index contributed by atoms with van der Waals surface area (Å²) in [7, 11) is 0. The van der Waals surface area contributed by atoms with Crippen molar-refractivity contribution in [2.45, 2.75) is 12.8 Å². The maximum atomic E-state index is 12.4. The van der Waals surface area contributed by atoms with Gasteiger partial charge in [0.2, 0.25) is 11.8 Å². The molecule has 0 fully saturated rings. The summed E-state index contributed by atoms with van der Waals surface area (Å²) in [5.41, 5.74) is 2.13. The van der Waals surface area contributed by atoms with E-state index in [0.29, 0.717) is 11.4 Å². The van der Waals surface area contributed by atoms with Crippen molar-refractivity contribution in [1.29, 1.82) is 0 Å². The number of hydrogen-bond donors (Lipinski definition) is 1. The summed E-state index contributed by atoms with van der Waals surface area (Å²) in [5, 5.41) is 2.77. The first kappa shape index (κ1) is 12.4. The van der Waals surface area contributed by atoms with E-state index >= 15 is 0 Å². The molecule has 1 N–H and O–H groups in total. The number of carbonyl (C=O) groups excluding carboxylic acids is 2. The summed E-state index contributed by atoms with van der Waals surface area (Å²) >= 11 is 0. The standard InChI is InChI=1S/C16H14N2O2.H2/c19-15-11-16(20)18(12-7-3-1-2-4-8-12)14-10-6-5-9-13(14)17-15;/h1,3-10H,2,11H2,(H,17,19);1H. The molecule has 4 heteroatoms. The van der Waals surface area contributed by atoms with Crippen molar-refractivity contribution < 1.29 is 11.0 Å². The molecule has 1 aliphatic carbocycles. The molecule has 0 aromatic heterocycles. The van der Waals surface area contributed by atoms with E-state index in [2.05, 4.69) is 5.32 Å². The van der Waals surface area contributed by atoms with Crippen molar-refractivity contribution in [2.24, 2.45) is 0 Å². The maximum Gasteiger partial charge on any atom is 0.241 e. The second-order valence-corrected chi connectivity index (χ2v) is 4.63. The van der Waals surface area contributed by atoms with Gasteiger partial charge in [0.15, 0.2) is 0 Å². The van der Waals surface area contributed by atoms with Crippen molar-refractivity contribution in [3.63, 3.8) is 0 Å². The second kappa shape index (κ2) is 5.17. The maximum absolute atomic E-state index is 12.4. The summed E-state index contributed by atoms with van der Waals surface area (Å²) in [6.07, 6.45) is 10.4. The number of nitrogens with one attached hydrogen (secondary N) is 1. The SMILES string of the molecule is O=C1CC(=O)N(C2=CC=CCC=C2)c2ccccc2N1.[HH]. The van der Waals surface area contributed by atoms with Crippen LogP contribution in [0, 0.1) is 0 Å². The largest absolute Gasteiger partial charge is 0.324 e. The number of rotatable bonds is 1. The van der Waals surface area contributed by atoms with Crippen LogP contribution >= 0.6 is 0 Å². The van der Waals surface area contributed by atoms with Gasteiger partial charge >= 0.3 is 0 Å². The molecule has 0 saturated carbocycles. The summed E-state index contributed by atoms with van der Waals surface area (Å²) in [6.45, 7) is 0. The van der Waals surface area contributed by atoms with Gasteiger partial charge in [-0.2, -0.15) is 0 Å². The number of amides is 2. The van der Waals surface area contributed by atoms with Gasteiger partial charge in [0.25, 0.3) is 0 Å². The van der Waals surface area contributed by atoms with Crippen LogP contribution in [0.4, 0.5) is 11.4 Å². The number of carbonyl (C=O) groups is 2. The van der Waals surface area contributed by atoms with Crippen molar-refractivity contribution in [3.8, 4) is 0 Å². The number of para-hydroxylation sites is 2. The first-order chi connectivity index (χ1) is 9.75. The molecule has 0 radical (unpaired) electrons. The zero-order valence-corrected chi connectivity index (χ0v) is 10.9. The molecule has 102 valence electrons. The van der Waals surface area contributed by atoms with Crippen LogP contribution in [0.15, 0.2) is 60.3 Å². The highest BCUT2D eigenvalue weighted by molar-refractivity contribution is 6.15. The average molecular weight is 268 g/mol. The van der Waals surface area contributed by atoms with Gasteiger partial charge in [-0.25, -0.2) is 0 Å². The van der Waals surface area contributed by atoms with Gasteiger partial charge in [-0.3, -0.25) is 14.5 Å². The van der Waals surface area contributed by atoms with Gasteiger partial charge in [0.1, 0.15) is 6.42 Å². The van der Waals surface area contributed by atoms with Gasteiger partial charge in [-0.05, 0) is 30.7 Å². The van der Waals surface area contributed by atoms with E-state index in [1.807, 2.05) is 48.6 Å². The number of nitrogens with zero attached hydrogens (tertiary/aromatic N) is 1. The average Bonchev–Trinajstić information content (AvgIpc) is 2.75. The lowest BCUT2D eigenvalue weighted by Gasteiger charge is -2.23. The van der Waals surface area contributed by atoms with E-state index in [4.69, 9.17) is 0 Å². The first-order valence-corrected chi connectivity index (χ1v) is 6.51. The Kier molecular flexibility index (Phi) is 3.21. The minimum absolute atomic E-state index is 0. The van der Waals surface area contributed by atoms with Crippen LogP contribution in [-0.2, 0) is 9.59 Å². The fourth-order valence-corrected chi connectivity index (χ4v) is 2.32. The summed E-state index contributed by atoms with van der Waals surface area (Å²) in [6, 6.07) is 7.33.